The highest BCUT2D eigenvalue weighted by molar-refractivity contribution is 5.89. The number of hydrogen-bond acceptors (Lipinski definition) is 5. The molecule has 2 fully saturated rings. The summed E-state index contributed by atoms with van der Waals surface area (Å²) in [4.78, 5) is 21.7. The molecule has 0 radical (unpaired) electrons. The second kappa shape index (κ2) is 9.87. The van der Waals surface area contributed by atoms with Crippen LogP contribution in [0.3, 0.4) is 0 Å². The van der Waals surface area contributed by atoms with Crippen molar-refractivity contribution in [2.24, 2.45) is 0 Å². The first-order valence-corrected chi connectivity index (χ1v) is 11.0. The SMILES string of the molecule is CN1[C@@H]2CC[C@H]1CC(Nc1ccc(-c3ccc4[nH]ncc4c3)cc1)C2.O=C(O)/C=C/C(=O)O. The molecule has 172 valence electrons. The third-order valence-electron chi connectivity index (χ3n) is 6.50. The van der Waals surface area contributed by atoms with E-state index < -0.39 is 11.9 Å². The molecular weight excluding hydrogens is 420 g/mol. The average molecular weight is 449 g/mol. The van der Waals surface area contributed by atoms with E-state index in [-0.39, 0.29) is 0 Å². The van der Waals surface area contributed by atoms with Gasteiger partial charge < -0.3 is 20.4 Å². The number of anilines is 1. The maximum absolute atomic E-state index is 9.55. The number of aromatic nitrogens is 2. The molecule has 2 saturated heterocycles. The van der Waals surface area contributed by atoms with Gasteiger partial charge in [-0.25, -0.2) is 9.59 Å². The second-order valence-corrected chi connectivity index (χ2v) is 8.62. The minimum atomic E-state index is -1.26. The molecule has 1 aromatic heterocycles. The van der Waals surface area contributed by atoms with Crippen LogP contribution in [0.25, 0.3) is 22.0 Å². The molecule has 8 nitrogen and oxygen atoms in total. The summed E-state index contributed by atoms with van der Waals surface area (Å²) < 4.78 is 0. The summed E-state index contributed by atoms with van der Waals surface area (Å²) in [5.74, 6) is -2.51. The van der Waals surface area contributed by atoms with E-state index in [4.69, 9.17) is 10.2 Å². The highest BCUT2D eigenvalue weighted by Crippen LogP contribution is 2.35. The molecule has 3 aromatic rings. The van der Waals surface area contributed by atoms with Crippen LogP contribution >= 0.6 is 0 Å². The minimum Gasteiger partial charge on any atom is -0.478 e. The van der Waals surface area contributed by atoms with Crippen molar-refractivity contribution in [3.63, 3.8) is 0 Å². The molecule has 5 rings (SSSR count). The van der Waals surface area contributed by atoms with Crippen LogP contribution < -0.4 is 5.32 Å². The number of carboxylic acids is 2. The first kappa shape index (κ1) is 22.5. The molecule has 1 unspecified atom stereocenters. The Labute approximate surface area is 191 Å². The molecule has 2 aliphatic heterocycles. The van der Waals surface area contributed by atoms with Crippen molar-refractivity contribution in [1.29, 1.82) is 0 Å². The summed E-state index contributed by atoms with van der Waals surface area (Å²) in [6.45, 7) is 0. The van der Waals surface area contributed by atoms with Crippen LogP contribution in [0.2, 0.25) is 0 Å². The first-order chi connectivity index (χ1) is 15.9. The molecule has 0 aliphatic carbocycles. The summed E-state index contributed by atoms with van der Waals surface area (Å²) in [6.07, 6.45) is 8.27. The van der Waals surface area contributed by atoms with E-state index >= 15 is 0 Å². The van der Waals surface area contributed by atoms with Crippen molar-refractivity contribution in [1.82, 2.24) is 15.1 Å². The Kier molecular flexibility index (Phi) is 6.74. The number of piperidine rings is 1. The highest BCUT2D eigenvalue weighted by atomic mass is 16.4. The zero-order valence-electron chi connectivity index (χ0n) is 18.4. The maximum Gasteiger partial charge on any atom is 0.328 e. The van der Waals surface area contributed by atoms with Gasteiger partial charge in [-0.05, 0) is 68.1 Å². The molecule has 3 heterocycles. The Morgan fingerprint density at radius 1 is 1.00 bits per heavy atom. The van der Waals surface area contributed by atoms with E-state index in [9.17, 15) is 9.59 Å². The fourth-order valence-corrected chi connectivity index (χ4v) is 4.79. The number of benzene rings is 2. The summed E-state index contributed by atoms with van der Waals surface area (Å²) >= 11 is 0. The lowest BCUT2D eigenvalue weighted by atomic mass is 9.97. The number of nitrogens with one attached hydrogen (secondary N) is 2. The van der Waals surface area contributed by atoms with Crippen molar-refractivity contribution < 1.29 is 19.8 Å². The predicted octanol–water partition coefficient (Wildman–Crippen LogP) is 3.98. The molecule has 0 saturated carbocycles. The fraction of sp³-hybridized carbons (Fsp3) is 0.320. The van der Waals surface area contributed by atoms with E-state index in [1.54, 1.807) is 0 Å². The molecule has 2 bridgehead atoms. The van der Waals surface area contributed by atoms with Crippen molar-refractivity contribution >= 4 is 28.5 Å². The van der Waals surface area contributed by atoms with Gasteiger partial charge in [0.2, 0.25) is 0 Å². The van der Waals surface area contributed by atoms with Crippen LogP contribution in [-0.2, 0) is 9.59 Å². The molecule has 4 N–H and O–H groups in total. The van der Waals surface area contributed by atoms with E-state index in [1.807, 2.05) is 6.20 Å². The largest absolute Gasteiger partial charge is 0.478 e. The number of fused-ring (bicyclic) bond motifs is 3. The number of carboxylic acid groups (broad SMARTS) is 2. The van der Waals surface area contributed by atoms with Gasteiger partial charge in [-0.3, -0.25) is 5.10 Å². The summed E-state index contributed by atoms with van der Waals surface area (Å²) in [7, 11) is 2.30. The van der Waals surface area contributed by atoms with Gasteiger partial charge in [0.1, 0.15) is 0 Å². The van der Waals surface area contributed by atoms with Gasteiger partial charge in [-0.1, -0.05) is 18.2 Å². The number of rotatable bonds is 5. The Bertz CT molecular complexity index is 1120. The zero-order valence-corrected chi connectivity index (χ0v) is 18.4. The van der Waals surface area contributed by atoms with Crippen molar-refractivity contribution in [3.05, 3.63) is 60.8 Å². The molecular formula is C25H28N4O4. The third-order valence-corrected chi connectivity index (χ3v) is 6.50. The summed E-state index contributed by atoms with van der Waals surface area (Å²) in [5.41, 5.74) is 4.80. The van der Waals surface area contributed by atoms with E-state index in [0.717, 1.165) is 23.0 Å². The lowest BCUT2D eigenvalue weighted by molar-refractivity contribution is -0.134. The van der Waals surface area contributed by atoms with Crippen molar-refractivity contribution in [2.75, 3.05) is 12.4 Å². The van der Waals surface area contributed by atoms with Gasteiger partial charge in [0.05, 0.1) is 11.7 Å². The van der Waals surface area contributed by atoms with E-state index in [1.165, 1.54) is 42.5 Å². The quantitative estimate of drug-likeness (QED) is 0.436. The van der Waals surface area contributed by atoms with Gasteiger partial charge in [0.15, 0.2) is 0 Å². The molecule has 0 spiro atoms. The Hall–Kier alpha value is -3.65. The summed E-state index contributed by atoms with van der Waals surface area (Å²) in [5, 5.41) is 27.6. The average Bonchev–Trinajstić information content (AvgIpc) is 3.33. The van der Waals surface area contributed by atoms with Gasteiger partial charge in [-0.2, -0.15) is 5.10 Å². The van der Waals surface area contributed by atoms with Crippen molar-refractivity contribution in [3.8, 4) is 11.1 Å². The highest BCUT2D eigenvalue weighted by Gasteiger charge is 2.38. The number of hydrogen-bond donors (Lipinski definition) is 4. The van der Waals surface area contributed by atoms with E-state index in [0.29, 0.717) is 18.2 Å². The second-order valence-electron chi connectivity index (χ2n) is 8.62. The number of nitrogens with zero attached hydrogens (tertiary/aromatic N) is 2. The smallest absolute Gasteiger partial charge is 0.328 e. The normalized spacial score (nSPS) is 22.2. The van der Waals surface area contributed by atoms with Crippen molar-refractivity contribution in [2.45, 2.75) is 43.8 Å². The molecule has 8 heteroatoms. The molecule has 2 aliphatic rings. The zero-order chi connectivity index (χ0) is 23.4. The Morgan fingerprint density at radius 2 is 1.61 bits per heavy atom. The van der Waals surface area contributed by atoms with Gasteiger partial charge >= 0.3 is 11.9 Å². The predicted molar refractivity (Wildman–Crippen MR) is 127 cm³/mol. The molecule has 3 atom stereocenters. The molecule has 0 amide bonds. The fourth-order valence-electron chi connectivity index (χ4n) is 4.79. The van der Waals surface area contributed by atoms with Crippen LogP contribution in [0.5, 0.6) is 0 Å². The van der Waals surface area contributed by atoms with Crippen LogP contribution in [0, 0.1) is 0 Å². The Balaban J connectivity index is 0.000000281. The van der Waals surface area contributed by atoms with Gasteiger partial charge in [0.25, 0.3) is 0 Å². The van der Waals surface area contributed by atoms with Gasteiger partial charge in [0, 0.05) is 41.4 Å². The van der Waals surface area contributed by atoms with Crippen LogP contribution in [0.4, 0.5) is 5.69 Å². The van der Waals surface area contributed by atoms with E-state index in [2.05, 4.69) is 69.9 Å². The number of aliphatic carboxylic acids is 2. The summed E-state index contributed by atoms with van der Waals surface area (Å²) in [6, 6.07) is 17.5. The third kappa shape index (κ3) is 5.59. The maximum atomic E-state index is 9.55. The lowest BCUT2D eigenvalue weighted by Gasteiger charge is -2.37. The standard InChI is InChI=1S/C21H24N4.C4H4O4/c1-25-19-7-8-20(25)12-18(11-19)23-17-5-2-14(3-6-17)15-4-9-21-16(10-15)13-22-24-21;5-3(6)1-2-4(7)8/h2-6,9-10,13,18-20,23H,7-8,11-12H2,1H3,(H,22,24);1-2H,(H,5,6)(H,7,8)/b;2-1+/t18?,19-,20+;. The number of H-pyrrole nitrogens is 1. The van der Waals surface area contributed by atoms with Crippen LogP contribution in [-0.4, -0.2) is 62.4 Å². The monoisotopic (exact) mass is 448 g/mol. The topological polar surface area (TPSA) is 119 Å². The lowest BCUT2D eigenvalue weighted by Crippen LogP contribution is -2.44. The first-order valence-electron chi connectivity index (χ1n) is 11.0. The Morgan fingerprint density at radius 3 is 2.21 bits per heavy atom. The number of carbonyl (C=O) groups is 2. The minimum absolute atomic E-state index is 0.558. The van der Waals surface area contributed by atoms with Crippen LogP contribution in [0.1, 0.15) is 25.7 Å². The molecule has 33 heavy (non-hydrogen) atoms. The van der Waals surface area contributed by atoms with Crippen LogP contribution in [0.15, 0.2) is 60.8 Å². The molecule has 2 aromatic carbocycles. The van der Waals surface area contributed by atoms with Gasteiger partial charge in [-0.15, -0.1) is 0 Å². The number of aromatic amines is 1.